The Balaban J connectivity index is 2.59. The average Bonchev–Trinajstić information content (AvgIpc) is 2.33. The lowest BCUT2D eigenvalue weighted by atomic mass is 9.85. The monoisotopic (exact) mass is 244 g/mol. The summed E-state index contributed by atoms with van der Waals surface area (Å²) in [7, 11) is 0. The van der Waals surface area contributed by atoms with Gasteiger partial charge in [0.2, 0.25) is 0 Å². The van der Waals surface area contributed by atoms with Crippen LogP contribution in [0.15, 0.2) is 30.3 Å². The molecule has 3 nitrogen and oxygen atoms in total. The summed E-state index contributed by atoms with van der Waals surface area (Å²) in [4.78, 5) is 11.9. The SMILES string of the molecule is C#CCC(NNC(=O)c1ccccc1)C(C)(C)C. The van der Waals surface area contributed by atoms with Gasteiger partial charge in [0, 0.05) is 18.0 Å². The zero-order chi connectivity index (χ0) is 13.6. The molecule has 1 aromatic carbocycles. The van der Waals surface area contributed by atoms with Gasteiger partial charge in [-0.3, -0.25) is 10.2 Å². The number of carbonyl (C=O) groups is 1. The van der Waals surface area contributed by atoms with E-state index in [1.54, 1.807) is 12.1 Å². The van der Waals surface area contributed by atoms with Gasteiger partial charge in [-0.25, -0.2) is 5.43 Å². The third kappa shape index (κ3) is 4.23. The van der Waals surface area contributed by atoms with Gasteiger partial charge < -0.3 is 0 Å². The molecule has 2 N–H and O–H groups in total. The Hall–Kier alpha value is -1.79. The first-order chi connectivity index (χ1) is 8.45. The van der Waals surface area contributed by atoms with E-state index in [1.807, 2.05) is 18.2 Å². The predicted molar refractivity (Wildman–Crippen MR) is 73.7 cm³/mol. The van der Waals surface area contributed by atoms with Crippen LogP contribution in [0.5, 0.6) is 0 Å². The highest BCUT2D eigenvalue weighted by molar-refractivity contribution is 5.93. The van der Waals surface area contributed by atoms with E-state index >= 15 is 0 Å². The minimum atomic E-state index is -0.151. The van der Waals surface area contributed by atoms with Crippen molar-refractivity contribution < 1.29 is 4.79 Å². The lowest BCUT2D eigenvalue weighted by Crippen LogP contribution is -2.49. The first kappa shape index (κ1) is 14.3. The van der Waals surface area contributed by atoms with Crippen LogP contribution in [0.25, 0.3) is 0 Å². The normalized spacial score (nSPS) is 12.6. The van der Waals surface area contributed by atoms with Gasteiger partial charge in [0.15, 0.2) is 0 Å². The van der Waals surface area contributed by atoms with Crippen molar-refractivity contribution in [3.63, 3.8) is 0 Å². The van der Waals surface area contributed by atoms with Gasteiger partial charge >= 0.3 is 0 Å². The fraction of sp³-hybridized carbons (Fsp3) is 0.400. The average molecular weight is 244 g/mol. The highest BCUT2D eigenvalue weighted by atomic mass is 16.2. The summed E-state index contributed by atoms with van der Waals surface area (Å²) in [5, 5.41) is 0. The standard InChI is InChI=1S/C15H20N2O/c1-5-9-13(15(2,3)4)16-17-14(18)12-10-7-6-8-11-12/h1,6-8,10-11,13,16H,9H2,2-4H3,(H,17,18). The molecule has 0 spiro atoms. The molecule has 1 rings (SSSR count). The first-order valence-corrected chi connectivity index (χ1v) is 5.99. The van der Waals surface area contributed by atoms with E-state index in [4.69, 9.17) is 6.42 Å². The lowest BCUT2D eigenvalue weighted by molar-refractivity contribution is 0.0908. The van der Waals surface area contributed by atoms with E-state index < -0.39 is 0 Å². The molecule has 0 saturated carbocycles. The highest BCUT2D eigenvalue weighted by Gasteiger charge is 2.24. The van der Waals surface area contributed by atoms with E-state index in [2.05, 4.69) is 37.5 Å². The molecular weight excluding hydrogens is 224 g/mol. The quantitative estimate of drug-likeness (QED) is 0.630. The van der Waals surface area contributed by atoms with Crippen molar-refractivity contribution in [1.29, 1.82) is 0 Å². The van der Waals surface area contributed by atoms with Crippen molar-refractivity contribution in [2.75, 3.05) is 0 Å². The largest absolute Gasteiger partial charge is 0.287 e. The van der Waals surface area contributed by atoms with Crippen molar-refractivity contribution in [1.82, 2.24) is 10.9 Å². The van der Waals surface area contributed by atoms with Crippen LogP contribution in [0.2, 0.25) is 0 Å². The number of nitrogens with one attached hydrogen (secondary N) is 2. The molecule has 1 unspecified atom stereocenters. The molecule has 0 fully saturated rings. The molecule has 0 heterocycles. The molecule has 1 amide bonds. The second kappa shape index (κ2) is 6.23. The number of amides is 1. The van der Waals surface area contributed by atoms with E-state index in [9.17, 15) is 4.79 Å². The van der Waals surface area contributed by atoms with Crippen LogP contribution >= 0.6 is 0 Å². The Kier molecular flexibility index (Phi) is 4.94. The second-order valence-electron chi connectivity index (χ2n) is 5.29. The highest BCUT2D eigenvalue weighted by Crippen LogP contribution is 2.20. The van der Waals surface area contributed by atoms with Crippen molar-refractivity contribution in [2.24, 2.45) is 5.41 Å². The molecule has 0 saturated heterocycles. The molecule has 18 heavy (non-hydrogen) atoms. The van der Waals surface area contributed by atoms with Crippen LogP contribution < -0.4 is 10.9 Å². The maximum atomic E-state index is 11.9. The smallest absolute Gasteiger partial charge is 0.265 e. The van der Waals surface area contributed by atoms with Gasteiger partial charge in [-0.05, 0) is 17.5 Å². The van der Waals surface area contributed by atoms with Crippen LogP contribution in [0.4, 0.5) is 0 Å². The summed E-state index contributed by atoms with van der Waals surface area (Å²) in [5.74, 6) is 2.47. The summed E-state index contributed by atoms with van der Waals surface area (Å²) in [5.41, 5.74) is 6.33. The number of hydrogen-bond donors (Lipinski definition) is 2. The van der Waals surface area contributed by atoms with E-state index in [0.29, 0.717) is 12.0 Å². The Morgan fingerprint density at radius 2 is 1.94 bits per heavy atom. The maximum Gasteiger partial charge on any atom is 0.265 e. The summed E-state index contributed by atoms with van der Waals surface area (Å²) < 4.78 is 0. The third-order valence-electron chi connectivity index (χ3n) is 2.76. The van der Waals surface area contributed by atoms with Crippen molar-refractivity contribution in [3.05, 3.63) is 35.9 Å². The maximum absolute atomic E-state index is 11.9. The van der Waals surface area contributed by atoms with Gasteiger partial charge in [-0.2, -0.15) is 0 Å². The third-order valence-corrected chi connectivity index (χ3v) is 2.76. The molecule has 3 heteroatoms. The molecule has 0 aliphatic heterocycles. The molecule has 0 aromatic heterocycles. The Morgan fingerprint density at radius 1 is 1.33 bits per heavy atom. The molecule has 1 atom stereocenters. The minimum Gasteiger partial charge on any atom is -0.287 e. The molecular formula is C15H20N2O. The Morgan fingerprint density at radius 3 is 2.44 bits per heavy atom. The predicted octanol–water partition coefficient (Wildman–Crippen LogP) is 2.36. The van der Waals surface area contributed by atoms with Gasteiger partial charge in [0.05, 0.1) is 0 Å². The zero-order valence-electron chi connectivity index (χ0n) is 11.2. The molecule has 0 radical (unpaired) electrons. The van der Waals surface area contributed by atoms with E-state index in [1.165, 1.54) is 0 Å². The van der Waals surface area contributed by atoms with Crippen molar-refractivity contribution in [3.8, 4) is 12.3 Å². The van der Waals surface area contributed by atoms with E-state index in [-0.39, 0.29) is 17.4 Å². The minimum absolute atomic E-state index is 0.0175. The fourth-order valence-electron chi connectivity index (χ4n) is 1.51. The molecule has 96 valence electrons. The van der Waals surface area contributed by atoms with Gasteiger partial charge in [-0.1, -0.05) is 39.0 Å². The summed E-state index contributed by atoms with van der Waals surface area (Å²) in [6.45, 7) is 6.24. The zero-order valence-corrected chi connectivity index (χ0v) is 11.2. The molecule has 0 aliphatic rings. The number of terminal acetylenes is 1. The fourth-order valence-corrected chi connectivity index (χ4v) is 1.51. The van der Waals surface area contributed by atoms with Gasteiger partial charge in [0.25, 0.3) is 5.91 Å². The van der Waals surface area contributed by atoms with Crippen LogP contribution in [0.1, 0.15) is 37.6 Å². The van der Waals surface area contributed by atoms with E-state index in [0.717, 1.165) is 0 Å². The molecule has 0 aliphatic carbocycles. The Bertz CT molecular complexity index is 426. The summed E-state index contributed by atoms with van der Waals surface area (Å²) in [6.07, 6.45) is 5.91. The number of benzene rings is 1. The number of hydrogen-bond acceptors (Lipinski definition) is 2. The lowest BCUT2D eigenvalue weighted by Gasteiger charge is -2.30. The summed E-state index contributed by atoms with van der Waals surface area (Å²) >= 11 is 0. The van der Waals surface area contributed by atoms with Crippen LogP contribution in [0, 0.1) is 17.8 Å². The van der Waals surface area contributed by atoms with Crippen molar-refractivity contribution in [2.45, 2.75) is 33.2 Å². The molecule has 0 bridgehead atoms. The number of rotatable bonds is 4. The Labute approximate surface area is 109 Å². The topological polar surface area (TPSA) is 41.1 Å². The van der Waals surface area contributed by atoms with Gasteiger partial charge in [0.1, 0.15) is 0 Å². The number of carbonyl (C=O) groups excluding carboxylic acids is 1. The van der Waals surface area contributed by atoms with Gasteiger partial charge in [-0.15, -0.1) is 12.3 Å². The molecule has 1 aromatic rings. The number of hydrazine groups is 1. The summed E-state index contributed by atoms with van der Waals surface area (Å²) in [6, 6.07) is 9.11. The van der Waals surface area contributed by atoms with Crippen LogP contribution in [-0.2, 0) is 0 Å². The van der Waals surface area contributed by atoms with Crippen LogP contribution in [0.3, 0.4) is 0 Å². The second-order valence-corrected chi connectivity index (χ2v) is 5.29. The first-order valence-electron chi connectivity index (χ1n) is 5.99. The van der Waals surface area contributed by atoms with Crippen molar-refractivity contribution >= 4 is 5.91 Å². The van der Waals surface area contributed by atoms with Crippen LogP contribution in [-0.4, -0.2) is 11.9 Å².